The smallest absolute Gasteiger partial charge is 0.171 e. The van der Waals surface area contributed by atoms with Crippen LogP contribution in [-0.4, -0.2) is 45.1 Å². The molecular weight excluding hydrogens is 450 g/mol. The molecule has 0 bridgehead atoms. The van der Waals surface area contributed by atoms with Crippen LogP contribution in [0.25, 0.3) is 16.4 Å². The Bertz CT molecular complexity index is 1560. The number of pyridine rings is 1. The van der Waals surface area contributed by atoms with E-state index < -0.39 is 5.82 Å². The van der Waals surface area contributed by atoms with Crippen LogP contribution in [0.1, 0.15) is 37.2 Å². The minimum atomic E-state index is -0.485. The van der Waals surface area contributed by atoms with E-state index >= 15 is 4.39 Å². The van der Waals surface area contributed by atoms with E-state index in [1.165, 1.54) is 4.52 Å². The second-order valence-corrected chi connectivity index (χ2v) is 10.3. The molecule has 10 heteroatoms. The van der Waals surface area contributed by atoms with Crippen LogP contribution in [0.5, 0.6) is 0 Å². The summed E-state index contributed by atoms with van der Waals surface area (Å²) in [7, 11) is 0. The van der Waals surface area contributed by atoms with Crippen molar-refractivity contribution in [3.63, 3.8) is 0 Å². The Morgan fingerprint density at radius 1 is 1.11 bits per heavy atom. The van der Waals surface area contributed by atoms with E-state index in [2.05, 4.69) is 16.1 Å². The summed E-state index contributed by atoms with van der Waals surface area (Å²) in [6, 6.07) is 8.93. The van der Waals surface area contributed by atoms with E-state index in [0.717, 1.165) is 42.2 Å². The lowest BCUT2D eigenvalue weighted by molar-refractivity contribution is 0.430. The molecule has 5 heterocycles. The number of hydrogen-bond acceptors (Lipinski definition) is 6. The molecule has 0 radical (unpaired) electrons. The zero-order chi connectivity index (χ0) is 24.1. The maximum absolute atomic E-state index is 15.4. The number of halogens is 2. The second kappa shape index (κ2) is 6.92. The highest BCUT2D eigenvalue weighted by atomic mass is 19.1. The van der Waals surface area contributed by atoms with Crippen LogP contribution >= 0.6 is 0 Å². The number of benzene rings is 1. The van der Waals surface area contributed by atoms with E-state index in [9.17, 15) is 9.65 Å². The van der Waals surface area contributed by atoms with Crippen molar-refractivity contribution in [3.8, 4) is 6.07 Å². The third-order valence-electron chi connectivity index (χ3n) is 8.10. The molecule has 8 nitrogen and oxygen atoms in total. The highest BCUT2D eigenvalue weighted by Gasteiger charge is 2.53. The Morgan fingerprint density at radius 3 is 2.69 bits per heavy atom. The molecule has 0 amide bonds. The van der Waals surface area contributed by atoms with Crippen LogP contribution in [-0.2, 0) is 6.54 Å². The number of nitrogens with two attached hydrogens (primary N) is 1. The van der Waals surface area contributed by atoms with E-state index in [-0.39, 0.29) is 34.5 Å². The van der Waals surface area contributed by atoms with Gasteiger partial charge >= 0.3 is 0 Å². The van der Waals surface area contributed by atoms with Gasteiger partial charge in [-0.2, -0.15) is 15.5 Å². The summed E-state index contributed by atoms with van der Waals surface area (Å²) in [4.78, 5) is 4.11. The SMILES string of the molecule is C[C@@H]1CN(c2ccc(C#N)n3ncc(F)c23)Cc2c3cc(F)c(N4C[C@@H](N)C5(CC5)C4)cc3nn21. The molecule has 1 saturated carbocycles. The fraction of sp³-hybridized carbons (Fsp3) is 0.400. The van der Waals surface area contributed by atoms with Gasteiger partial charge in [-0.05, 0) is 44.0 Å². The van der Waals surface area contributed by atoms with Crippen LogP contribution in [0.4, 0.5) is 20.2 Å². The maximum Gasteiger partial charge on any atom is 0.171 e. The first-order valence-corrected chi connectivity index (χ1v) is 11.9. The predicted molar refractivity (Wildman–Crippen MR) is 127 cm³/mol. The molecular formula is C25H24F2N8. The molecule has 35 heavy (non-hydrogen) atoms. The van der Waals surface area contributed by atoms with Crippen molar-refractivity contribution in [2.24, 2.45) is 11.1 Å². The zero-order valence-electron chi connectivity index (χ0n) is 19.2. The third-order valence-corrected chi connectivity index (χ3v) is 8.10. The van der Waals surface area contributed by atoms with Crippen molar-refractivity contribution >= 4 is 27.8 Å². The lowest BCUT2D eigenvalue weighted by Gasteiger charge is -2.34. The summed E-state index contributed by atoms with van der Waals surface area (Å²) >= 11 is 0. The molecule has 2 fully saturated rings. The summed E-state index contributed by atoms with van der Waals surface area (Å²) in [6.07, 6.45) is 3.35. The summed E-state index contributed by atoms with van der Waals surface area (Å²) in [5, 5.41) is 19.0. The average Bonchev–Trinajstić information content (AvgIpc) is 3.24. The predicted octanol–water partition coefficient (Wildman–Crippen LogP) is 3.34. The van der Waals surface area contributed by atoms with Crippen molar-refractivity contribution in [2.45, 2.75) is 38.4 Å². The molecule has 178 valence electrons. The van der Waals surface area contributed by atoms with Gasteiger partial charge in [-0.25, -0.2) is 13.3 Å². The van der Waals surface area contributed by atoms with E-state index in [0.29, 0.717) is 31.0 Å². The third kappa shape index (κ3) is 2.85. The minimum Gasteiger partial charge on any atom is -0.367 e. The van der Waals surface area contributed by atoms with E-state index in [1.54, 1.807) is 18.2 Å². The highest BCUT2D eigenvalue weighted by Crippen LogP contribution is 2.53. The number of rotatable bonds is 2. The number of nitriles is 1. The number of fused-ring (bicyclic) bond motifs is 4. The van der Waals surface area contributed by atoms with Crippen molar-refractivity contribution in [3.05, 3.63) is 53.5 Å². The molecule has 2 N–H and O–H groups in total. The number of aromatic nitrogens is 4. The van der Waals surface area contributed by atoms with Crippen molar-refractivity contribution < 1.29 is 8.78 Å². The topological polar surface area (TPSA) is 91.4 Å². The van der Waals surface area contributed by atoms with Gasteiger partial charge in [0.1, 0.15) is 23.1 Å². The quantitative estimate of drug-likeness (QED) is 0.479. The summed E-state index contributed by atoms with van der Waals surface area (Å²) in [6.45, 7) is 4.52. The second-order valence-electron chi connectivity index (χ2n) is 10.3. The Kier molecular flexibility index (Phi) is 4.08. The van der Waals surface area contributed by atoms with Gasteiger partial charge in [0.25, 0.3) is 0 Å². The number of nitrogens with zero attached hydrogens (tertiary/aromatic N) is 7. The number of hydrogen-bond donors (Lipinski definition) is 1. The van der Waals surface area contributed by atoms with Crippen LogP contribution in [0, 0.1) is 28.4 Å². The largest absolute Gasteiger partial charge is 0.367 e. The molecule has 1 saturated heterocycles. The maximum atomic E-state index is 15.4. The van der Waals surface area contributed by atoms with Crippen LogP contribution in [0.2, 0.25) is 0 Å². The molecule has 1 spiro atoms. The van der Waals surface area contributed by atoms with Gasteiger partial charge in [0.15, 0.2) is 5.82 Å². The fourth-order valence-electron chi connectivity index (χ4n) is 6.01. The van der Waals surface area contributed by atoms with Gasteiger partial charge in [0.2, 0.25) is 0 Å². The lowest BCUT2D eigenvalue weighted by atomic mass is 10.0. The first-order valence-electron chi connectivity index (χ1n) is 11.9. The molecule has 7 rings (SSSR count). The van der Waals surface area contributed by atoms with Gasteiger partial charge in [0, 0.05) is 36.5 Å². The molecule has 2 aliphatic heterocycles. The van der Waals surface area contributed by atoms with E-state index in [1.807, 2.05) is 22.6 Å². The summed E-state index contributed by atoms with van der Waals surface area (Å²) in [5.41, 5.74) is 9.86. The first kappa shape index (κ1) is 20.6. The van der Waals surface area contributed by atoms with Gasteiger partial charge < -0.3 is 15.5 Å². The molecule has 2 atom stereocenters. The minimum absolute atomic E-state index is 0.0192. The monoisotopic (exact) mass is 474 g/mol. The van der Waals surface area contributed by atoms with Crippen LogP contribution in [0.3, 0.4) is 0 Å². The van der Waals surface area contributed by atoms with Crippen LogP contribution < -0.4 is 15.5 Å². The summed E-state index contributed by atoms with van der Waals surface area (Å²) in [5.74, 6) is -0.757. The Morgan fingerprint density at radius 2 is 1.94 bits per heavy atom. The lowest BCUT2D eigenvalue weighted by Crippen LogP contribution is -2.36. The van der Waals surface area contributed by atoms with Gasteiger partial charge in [-0.3, -0.25) is 4.68 Å². The molecule has 3 aromatic heterocycles. The van der Waals surface area contributed by atoms with Crippen molar-refractivity contribution in [1.29, 1.82) is 5.26 Å². The van der Waals surface area contributed by atoms with Crippen LogP contribution in [0.15, 0.2) is 30.5 Å². The molecule has 4 aromatic rings. The average molecular weight is 475 g/mol. The summed E-state index contributed by atoms with van der Waals surface area (Å²) < 4.78 is 33.4. The molecule has 1 aliphatic carbocycles. The van der Waals surface area contributed by atoms with Gasteiger partial charge in [0.05, 0.1) is 41.4 Å². The molecule has 1 aromatic carbocycles. The molecule has 3 aliphatic rings. The highest BCUT2D eigenvalue weighted by molar-refractivity contribution is 5.86. The standard InChI is InChI=1S/C25H24F2N8/c1-14-10-32(20-3-2-15(8-28)35-24(20)18(27)9-30-35)11-22-16-6-17(26)21(7-19(16)31-34(14)22)33-12-23(29)25(13-33)4-5-25/h2-3,6-7,9,14,23H,4-5,10-13,29H2,1H3/t14-,23-/m1/s1. The number of anilines is 2. The Balaban J connectivity index is 1.29. The van der Waals surface area contributed by atoms with Crippen molar-refractivity contribution in [1.82, 2.24) is 19.4 Å². The first-order chi connectivity index (χ1) is 16.9. The molecule has 0 unspecified atom stereocenters. The zero-order valence-corrected chi connectivity index (χ0v) is 19.2. The normalized spacial score (nSPS) is 22.8. The fourth-order valence-corrected chi connectivity index (χ4v) is 6.01. The van der Waals surface area contributed by atoms with E-state index in [4.69, 9.17) is 10.8 Å². The Hall–Kier alpha value is -3.71. The van der Waals surface area contributed by atoms with Gasteiger partial charge in [-0.15, -0.1) is 0 Å². The van der Waals surface area contributed by atoms with Gasteiger partial charge in [-0.1, -0.05) is 0 Å². The van der Waals surface area contributed by atoms with Crippen molar-refractivity contribution in [2.75, 3.05) is 29.4 Å². The Labute approximate surface area is 200 Å².